The summed E-state index contributed by atoms with van der Waals surface area (Å²) < 4.78 is 27.4. The third-order valence-electron chi connectivity index (χ3n) is 7.41. The van der Waals surface area contributed by atoms with Crippen LogP contribution in [0.25, 0.3) is 22.1 Å². The number of phenols is 1. The van der Waals surface area contributed by atoms with E-state index in [2.05, 4.69) is 6.92 Å². The molecule has 234 valence electrons. The lowest BCUT2D eigenvalue weighted by molar-refractivity contribution is -0.277. The number of methoxy groups -OCH3 is 1. The van der Waals surface area contributed by atoms with Crippen LogP contribution in [0, 0.1) is 0 Å². The third-order valence-corrected chi connectivity index (χ3v) is 7.41. The van der Waals surface area contributed by atoms with Crippen molar-refractivity contribution in [2.45, 2.75) is 82.3 Å². The molecule has 12 heteroatoms. The molecule has 0 radical (unpaired) electrons. The van der Waals surface area contributed by atoms with Crippen molar-refractivity contribution in [2.24, 2.45) is 0 Å². The number of aliphatic hydroxyl groups is 4. The van der Waals surface area contributed by atoms with Crippen molar-refractivity contribution in [3.8, 4) is 28.4 Å². The molecule has 0 spiro atoms. The molecule has 1 aromatic heterocycles. The summed E-state index contributed by atoms with van der Waals surface area (Å²) in [7, 11) is 1.28. The smallest absolute Gasteiger partial charge is 0.347 e. The first-order valence-corrected chi connectivity index (χ1v) is 14.3. The van der Waals surface area contributed by atoms with Crippen molar-refractivity contribution in [2.75, 3.05) is 13.7 Å². The number of carbonyl (C=O) groups excluding carboxylic acids is 1. The van der Waals surface area contributed by atoms with Gasteiger partial charge in [0.25, 0.3) is 0 Å². The van der Waals surface area contributed by atoms with E-state index in [-0.39, 0.29) is 33.8 Å². The molecule has 2 heterocycles. The number of fused-ring (bicyclic) bond motifs is 1. The Balaban J connectivity index is 1.50. The number of carbonyl (C=O) groups is 1. The van der Waals surface area contributed by atoms with Crippen LogP contribution in [0.2, 0.25) is 0 Å². The maximum Gasteiger partial charge on any atom is 0.347 e. The number of rotatable bonds is 13. The Kier molecular flexibility index (Phi) is 11.0. The van der Waals surface area contributed by atoms with Crippen LogP contribution in [0.15, 0.2) is 51.9 Å². The van der Waals surface area contributed by atoms with Gasteiger partial charge in [-0.25, -0.2) is 4.79 Å². The Bertz CT molecular complexity index is 1420. The van der Waals surface area contributed by atoms with Crippen LogP contribution in [-0.4, -0.2) is 82.0 Å². The fourth-order valence-corrected chi connectivity index (χ4v) is 4.94. The second-order valence-electron chi connectivity index (χ2n) is 10.5. The highest BCUT2D eigenvalue weighted by molar-refractivity contribution is 5.88. The molecule has 5 N–H and O–H groups in total. The number of esters is 1. The summed E-state index contributed by atoms with van der Waals surface area (Å²) in [6, 6.07) is 8.78. The second kappa shape index (κ2) is 14.7. The fourth-order valence-electron chi connectivity index (χ4n) is 4.94. The van der Waals surface area contributed by atoms with E-state index in [1.165, 1.54) is 37.6 Å². The van der Waals surface area contributed by atoms with Crippen LogP contribution in [0.3, 0.4) is 0 Å². The summed E-state index contributed by atoms with van der Waals surface area (Å²) in [5, 5.41) is 50.1. The average molecular weight is 603 g/mol. The highest BCUT2D eigenvalue weighted by atomic mass is 16.7. The molecule has 4 rings (SSSR count). The molecule has 0 saturated carbocycles. The van der Waals surface area contributed by atoms with Crippen molar-refractivity contribution in [3.05, 3.63) is 52.9 Å². The molecule has 12 nitrogen and oxygen atoms in total. The van der Waals surface area contributed by atoms with Crippen molar-refractivity contribution in [3.63, 3.8) is 0 Å². The lowest BCUT2D eigenvalue weighted by Crippen LogP contribution is -2.60. The maximum absolute atomic E-state index is 13.4. The number of hydrogen-bond acceptors (Lipinski definition) is 12. The summed E-state index contributed by atoms with van der Waals surface area (Å²) in [6.45, 7) is 1.53. The molecule has 0 aliphatic carbocycles. The number of unbranched alkanes of at least 4 members (excludes halogenated alkanes) is 4. The molecular formula is C31H38O12. The van der Waals surface area contributed by atoms with Crippen molar-refractivity contribution < 1.29 is 53.7 Å². The van der Waals surface area contributed by atoms with Gasteiger partial charge in [-0.3, -0.25) is 4.79 Å². The largest absolute Gasteiger partial charge is 0.507 e. The zero-order chi connectivity index (χ0) is 31.1. The number of aliphatic hydroxyl groups excluding tert-OH is 4. The standard InChI is InChI=1S/C31H38O12/c1-3-4-5-6-7-8-22(30(38)39-2)41-19-13-21(33)25-23(14-19)40-16-20(26(25)34)17-9-11-18(12-10-17)42-31-29(37)28(36)27(35)24(15-32)43-31/h9-14,16,22,24,27-29,31-33,35-37H,3-8,15H2,1-2H3/t22-,24+,27-,28-,29-,31+/m1/s1. The monoisotopic (exact) mass is 602 g/mol. The summed E-state index contributed by atoms with van der Waals surface area (Å²) in [5.74, 6) is -0.545. The normalized spacial score (nSPS) is 22.7. The third kappa shape index (κ3) is 7.46. The number of phenolic OH excluding ortho intramolecular Hbond substituents is 1. The maximum atomic E-state index is 13.4. The average Bonchev–Trinajstić information content (AvgIpc) is 3.00. The van der Waals surface area contributed by atoms with E-state index in [9.17, 15) is 35.1 Å². The SMILES string of the molecule is CCCCCCC[C@@H](Oc1cc(O)c2c(=O)c(-c3ccc(O[C@H]4O[C@@H](CO)[C@@H](O)[C@@H](O)[C@H]4O)cc3)coc2c1)C(=O)OC. The van der Waals surface area contributed by atoms with Gasteiger partial charge in [-0.1, -0.05) is 44.7 Å². The van der Waals surface area contributed by atoms with Gasteiger partial charge in [0, 0.05) is 12.1 Å². The minimum Gasteiger partial charge on any atom is -0.507 e. The topological polar surface area (TPSA) is 185 Å². The summed E-state index contributed by atoms with van der Waals surface area (Å²) in [6.07, 6.45) is -1.35. The Labute approximate surface area is 248 Å². The Morgan fingerprint density at radius 3 is 2.37 bits per heavy atom. The van der Waals surface area contributed by atoms with E-state index < -0.39 is 54.8 Å². The van der Waals surface area contributed by atoms with E-state index in [1.54, 1.807) is 12.1 Å². The molecule has 1 aliphatic heterocycles. The molecule has 6 atom stereocenters. The number of benzene rings is 2. The second-order valence-corrected chi connectivity index (χ2v) is 10.5. The molecule has 0 bridgehead atoms. The molecule has 3 aromatic rings. The Hall–Kier alpha value is -3.68. The number of ether oxygens (including phenoxy) is 4. The van der Waals surface area contributed by atoms with Crippen LogP contribution in [0.1, 0.15) is 45.4 Å². The van der Waals surface area contributed by atoms with Crippen LogP contribution in [-0.2, 0) is 14.3 Å². The number of hydrogen-bond donors (Lipinski definition) is 5. The lowest BCUT2D eigenvalue weighted by atomic mass is 9.99. The Morgan fingerprint density at radius 2 is 1.70 bits per heavy atom. The molecule has 0 amide bonds. The predicted molar refractivity (Wildman–Crippen MR) is 154 cm³/mol. The van der Waals surface area contributed by atoms with Gasteiger partial charge in [-0.15, -0.1) is 0 Å². The van der Waals surface area contributed by atoms with Crippen molar-refractivity contribution in [1.29, 1.82) is 0 Å². The van der Waals surface area contributed by atoms with Gasteiger partial charge in [0.15, 0.2) is 6.10 Å². The summed E-state index contributed by atoms with van der Waals surface area (Å²) >= 11 is 0. The van der Waals surface area contributed by atoms with E-state index in [4.69, 9.17) is 23.4 Å². The van der Waals surface area contributed by atoms with Gasteiger partial charge in [0.1, 0.15) is 58.9 Å². The first-order valence-electron chi connectivity index (χ1n) is 14.3. The van der Waals surface area contributed by atoms with Gasteiger partial charge in [-0.2, -0.15) is 0 Å². The molecule has 1 aliphatic rings. The van der Waals surface area contributed by atoms with Gasteiger partial charge >= 0.3 is 5.97 Å². The van der Waals surface area contributed by atoms with E-state index in [0.717, 1.165) is 32.1 Å². The van der Waals surface area contributed by atoms with Crippen LogP contribution < -0.4 is 14.9 Å². The molecule has 1 fully saturated rings. The van der Waals surface area contributed by atoms with E-state index in [1.807, 2.05) is 0 Å². The van der Waals surface area contributed by atoms with Crippen LogP contribution in [0.4, 0.5) is 0 Å². The highest BCUT2D eigenvalue weighted by Gasteiger charge is 2.44. The van der Waals surface area contributed by atoms with Gasteiger partial charge in [0.2, 0.25) is 11.7 Å². The number of aromatic hydroxyl groups is 1. The molecule has 2 aromatic carbocycles. The zero-order valence-corrected chi connectivity index (χ0v) is 24.0. The first kappa shape index (κ1) is 32.2. The molecule has 0 unspecified atom stereocenters. The van der Waals surface area contributed by atoms with Crippen LogP contribution >= 0.6 is 0 Å². The fraction of sp³-hybridized carbons (Fsp3) is 0.484. The summed E-state index contributed by atoms with van der Waals surface area (Å²) in [5.41, 5.74) is 0.145. The van der Waals surface area contributed by atoms with Gasteiger partial charge < -0.3 is 48.9 Å². The van der Waals surface area contributed by atoms with Gasteiger partial charge in [-0.05, 0) is 30.5 Å². The van der Waals surface area contributed by atoms with Gasteiger partial charge in [0.05, 0.1) is 19.3 Å². The quantitative estimate of drug-likeness (QED) is 0.142. The summed E-state index contributed by atoms with van der Waals surface area (Å²) in [4.78, 5) is 25.7. The molecular weight excluding hydrogens is 564 g/mol. The predicted octanol–water partition coefficient (Wildman–Crippen LogP) is 2.63. The highest BCUT2D eigenvalue weighted by Crippen LogP contribution is 2.32. The Morgan fingerprint density at radius 1 is 0.977 bits per heavy atom. The van der Waals surface area contributed by atoms with Crippen LogP contribution in [0.5, 0.6) is 17.2 Å². The first-order chi connectivity index (χ1) is 20.7. The van der Waals surface area contributed by atoms with E-state index >= 15 is 0 Å². The van der Waals surface area contributed by atoms with Crippen molar-refractivity contribution >= 4 is 16.9 Å². The minimum atomic E-state index is -1.59. The van der Waals surface area contributed by atoms with E-state index in [0.29, 0.717) is 12.0 Å². The molecule has 43 heavy (non-hydrogen) atoms. The minimum absolute atomic E-state index is 0.0675. The lowest BCUT2D eigenvalue weighted by Gasteiger charge is -2.39. The van der Waals surface area contributed by atoms with Crippen molar-refractivity contribution in [1.82, 2.24) is 0 Å². The molecule has 1 saturated heterocycles. The zero-order valence-electron chi connectivity index (χ0n) is 24.0.